The molecule has 2 N–H and O–H groups in total. The van der Waals surface area contributed by atoms with E-state index in [1.807, 2.05) is 18.4 Å². The second-order valence-electron chi connectivity index (χ2n) is 6.55. The minimum Gasteiger partial charge on any atom is -0.493 e. The van der Waals surface area contributed by atoms with Gasteiger partial charge in [0, 0.05) is 42.2 Å². The molecule has 1 aromatic carbocycles. The van der Waals surface area contributed by atoms with Crippen LogP contribution in [0.3, 0.4) is 0 Å². The Morgan fingerprint density at radius 2 is 2.15 bits per heavy atom. The van der Waals surface area contributed by atoms with Crippen molar-refractivity contribution in [1.82, 2.24) is 10.6 Å². The molecule has 1 aromatic heterocycles. The first kappa shape index (κ1) is 21.0. The fraction of sp³-hybridized carbons (Fsp3) is 0.450. The zero-order valence-corrected chi connectivity index (χ0v) is 18.8. The summed E-state index contributed by atoms with van der Waals surface area (Å²) in [5.41, 5.74) is 2.68. The van der Waals surface area contributed by atoms with Crippen molar-refractivity contribution in [3.8, 4) is 5.75 Å². The van der Waals surface area contributed by atoms with Crippen molar-refractivity contribution in [2.24, 2.45) is 4.99 Å². The Balaban J connectivity index is 0.00000243. The third-order valence-electron chi connectivity index (χ3n) is 4.37. The summed E-state index contributed by atoms with van der Waals surface area (Å²) in [6.45, 7) is 6.03. The lowest BCUT2D eigenvalue weighted by Crippen LogP contribution is -2.43. The first-order chi connectivity index (χ1) is 12.1. The summed E-state index contributed by atoms with van der Waals surface area (Å²) in [6, 6.07) is 11.3. The standard InChI is InChI=1S/C20H27N3OS.HI/c1-14(12-18-6-4-15(2)25-18)23-20(21-3)22-10-8-16-5-7-19-17(13-16)9-11-24-19;/h4-7,13-14H,8-12H2,1-3H3,(H2,21,22,23);1H. The van der Waals surface area contributed by atoms with Crippen LogP contribution in [0.15, 0.2) is 35.3 Å². The van der Waals surface area contributed by atoms with E-state index in [1.54, 1.807) is 0 Å². The smallest absolute Gasteiger partial charge is 0.191 e. The van der Waals surface area contributed by atoms with Crippen LogP contribution in [-0.4, -0.2) is 32.2 Å². The maximum Gasteiger partial charge on any atom is 0.191 e. The van der Waals surface area contributed by atoms with Crippen LogP contribution in [0.2, 0.25) is 0 Å². The molecular formula is C20H28IN3OS. The van der Waals surface area contributed by atoms with Crippen LogP contribution in [0.4, 0.5) is 0 Å². The number of halogens is 1. The van der Waals surface area contributed by atoms with E-state index in [9.17, 15) is 0 Å². The van der Waals surface area contributed by atoms with E-state index >= 15 is 0 Å². The Bertz CT molecular complexity index is 744. The molecule has 0 amide bonds. The van der Waals surface area contributed by atoms with Crippen molar-refractivity contribution < 1.29 is 4.74 Å². The molecule has 0 radical (unpaired) electrons. The van der Waals surface area contributed by atoms with Gasteiger partial charge in [-0.15, -0.1) is 35.3 Å². The van der Waals surface area contributed by atoms with Crippen LogP contribution in [-0.2, 0) is 19.3 Å². The number of hydrogen-bond acceptors (Lipinski definition) is 3. The van der Waals surface area contributed by atoms with Crippen LogP contribution < -0.4 is 15.4 Å². The fourth-order valence-corrected chi connectivity index (χ4v) is 4.12. The van der Waals surface area contributed by atoms with Crippen molar-refractivity contribution in [2.45, 2.75) is 39.2 Å². The highest BCUT2D eigenvalue weighted by Crippen LogP contribution is 2.25. The third kappa shape index (κ3) is 5.87. The van der Waals surface area contributed by atoms with Gasteiger partial charge in [0.15, 0.2) is 5.96 Å². The Labute approximate surface area is 177 Å². The largest absolute Gasteiger partial charge is 0.493 e. The quantitative estimate of drug-likeness (QED) is 0.370. The summed E-state index contributed by atoms with van der Waals surface area (Å²) >= 11 is 1.87. The molecule has 4 nitrogen and oxygen atoms in total. The molecular weight excluding hydrogens is 457 g/mol. The number of ether oxygens (including phenoxy) is 1. The highest BCUT2D eigenvalue weighted by molar-refractivity contribution is 14.0. The van der Waals surface area contributed by atoms with Crippen LogP contribution in [0, 0.1) is 6.92 Å². The predicted octanol–water partition coefficient (Wildman–Crippen LogP) is 3.95. The van der Waals surface area contributed by atoms with Crippen molar-refractivity contribution in [3.05, 3.63) is 51.2 Å². The molecule has 1 aliphatic rings. The molecule has 0 aliphatic carbocycles. The van der Waals surface area contributed by atoms with E-state index in [2.05, 4.69) is 59.8 Å². The number of guanidine groups is 1. The Hall–Kier alpha value is -1.28. The summed E-state index contributed by atoms with van der Waals surface area (Å²) in [6.07, 6.45) is 3.02. The van der Waals surface area contributed by atoms with Gasteiger partial charge in [-0.05, 0) is 49.6 Å². The van der Waals surface area contributed by atoms with Crippen molar-refractivity contribution in [1.29, 1.82) is 0 Å². The minimum absolute atomic E-state index is 0. The molecule has 0 saturated heterocycles. The fourth-order valence-electron chi connectivity index (χ4n) is 3.10. The van der Waals surface area contributed by atoms with E-state index in [1.165, 1.54) is 20.9 Å². The number of nitrogens with one attached hydrogen (secondary N) is 2. The Morgan fingerprint density at radius 3 is 2.88 bits per heavy atom. The maximum atomic E-state index is 5.56. The number of hydrogen-bond donors (Lipinski definition) is 2. The van der Waals surface area contributed by atoms with Crippen LogP contribution in [0.25, 0.3) is 0 Å². The van der Waals surface area contributed by atoms with Gasteiger partial charge >= 0.3 is 0 Å². The number of aryl methyl sites for hydroxylation is 1. The van der Waals surface area contributed by atoms with Gasteiger partial charge in [0.1, 0.15) is 5.75 Å². The molecule has 1 unspecified atom stereocenters. The first-order valence-corrected chi connectivity index (χ1v) is 9.73. The van der Waals surface area contributed by atoms with E-state index < -0.39 is 0 Å². The van der Waals surface area contributed by atoms with Crippen LogP contribution >= 0.6 is 35.3 Å². The summed E-state index contributed by atoms with van der Waals surface area (Å²) in [5, 5.41) is 6.90. The lowest BCUT2D eigenvalue weighted by atomic mass is 10.1. The molecule has 0 saturated carbocycles. The molecule has 3 rings (SSSR count). The number of rotatable bonds is 6. The second-order valence-corrected chi connectivity index (χ2v) is 7.92. The van der Waals surface area contributed by atoms with E-state index in [0.717, 1.165) is 44.1 Å². The number of fused-ring (bicyclic) bond motifs is 1. The molecule has 0 fully saturated rings. The molecule has 2 aromatic rings. The average Bonchev–Trinajstić information content (AvgIpc) is 3.22. The van der Waals surface area contributed by atoms with Crippen molar-refractivity contribution in [2.75, 3.05) is 20.2 Å². The molecule has 2 heterocycles. The van der Waals surface area contributed by atoms with E-state index in [-0.39, 0.29) is 24.0 Å². The Morgan fingerprint density at radius 1 is 1.31 bits per heavy atom. The van der Waals surface area contributed by atoms with Gasteiger partial charge < -0.3 is 15.4 Å². The SMILES string of the molecule is CN=C(NCCc1ccc2c(c1)CCO2)NC(C)Cc1ccc(C)s1.I. The third-order valence-corrected chi connectivity index (χ3v) is 5.39. The highest BCUT2D eigenvalue weighted by Gasteiger charge is 2.12. The number of thiophene rings is 1. The topological polar surface area (TPSA) is 45.7 Å². The van der Waals surface area contributed by atoms with Crippen molar-refractivity contribution in [3.63, 3.8) is 0 Å². The van der Waals surface area contributed by atoms with Gasteiger partial charge in [0.05, 0.1) is 6.61 Å². The molecule has 0 spiro atoms. The molecule has 26 heavy (non-hydrogen) atoms. The lowest BCUT2D eigenvalue weighted by Gasteiger charge is -2.17. The zero-order valence-electron chi connectivity index (χ0n) is 15.7. The number of benzene rings is 1. The second kappa shape index (κ2) is 10.2. The lowest BCUT2D eigenvalue weighted by molar-refractivity contribution is 0.357. The monoisotopic (exact) mass is 485 g/mol. The highest BCUT2D eigenvalue weighted by atomic mass is 127. The summed E-state index contributed by atoms with van der Waals surface area (Å²) in [4.78, 5) is 7.12. The Kier molecular flexibility index (Phi) is 8.21. The van der Waals surface area contributed by atoms with Gasteiger partial charge in [-0.3, -0.25) is 4.99 Å². The van der Waals surface area contributed by atoms with E-state index in [0.29, 0.717) is 6.04 Å². The van der Waals surface area contributed by atoms with Gasteiger partial charge in [-0.25, -0.2) is 0 Å². The number of nitrogens with zero attached hydrogens (tertiary/aromatic N) is 1. The minimum atomic E-state index is 0. The average molecular weight is 485 g/mol. The van der Waals surface area contributed by atoms with Gasteiger partial charge in [0.2, 0.25) is 0 Å². The molecule has 6 heteroatoms. The summed E-state index contributed by atoms with van der Waals surface area (Å²) < 4.78 is 5.56. The van der Waals surface area contributed by atoms with Gasteiger partial charge in [-0.2, -0.15) is 0 Å². The first-order valence-electron chi connectivity index (χ1n) is 8.91. The van der Waals surface area contributed by atoms with Gasteiger partial charge in [-0.1, -0.05) is 12.1 Å². The number of aliphatic imine (C=N–C) groups is 1. The van der Waals surface area contributed by atoms with E-state index in [4.69, 9.17) is 4.74 Å². The molecule has 0 bridgehead atoms. The van der Waals surface area contributed by atoms with Crippen molar-refractivity contribution >= 4 is 41.3 Å². The summed E-state index contributed by atoms with van der Waals surface area (Å²) in [7, 11) is 1.82. The molecule has 1 atom stereocenters. The maximum absolute atomic E-state index is 5.56. The van der Waals surface area contributed by atoms with Gasteiger partial charge in [0.25, 0.3) is 0 Å². The molecule has 1 aliphatic heterocycles. The van der Waals surface area contributed by atoms with Crippen LogP contribution in [0.1, 0.15) is 27.8 Å². The van der Waals surface area contributed by atoms with Crippen LogP contribution in [0.5, 0.6) is 5.75 Å². The summed E-state index contributed by atoms with van der Waals surface area (Å²) in [5.74, 6) is 1.91. The zero-order chi connectivity index (χ0) is 17.6. The normalized spacial score (nSPS) is 14.2. The molecule has 142 valence electrons. The predicted molar refractivity (Wildman–Crippen MR) is 121 cm³/mol.